The van der Waals surface area contributed by atoms with E-state index in [9.17, 15) is 0 Å². The van der Waals surface area contributed by atoms with Gasteiger partial charge in [0.2, 0.25) is 0 Å². The largest absolute Gasteiger partial charge is 0.135 e. The molecule has 0 amide bonds. The summed E-state index contributed by atoms with van der Waals surface area (Å²) in [4.78, 5) is 0. The number of hydrogen-bond donors (Lipinski definition) is 0. The fraction of sp³-hybridized carbons (Fsp3) is 0.0909. The van der Waals surface area contributed by atoms with Gasteiger partial charge in [-0.05, 0) is 124 Å². The van der Waals surface area contributed by atoms with Crippen LogP contribution in [0, 0.1) is 0 Å². The van der Waals surface area contributed by atoms with Crippen molar-refractivity contribution in [3.63, 3.8) is 0 Å². The van der Waals surface area contributed by atoms with Crippen molar-refractivity contribution in [2.24, 2.45) is 0 Å². The molecule has 0 bridgehead atoms. The second-order valence-electron chi connectivity index (χ2n) is 16.3. The van der Waals surface area contributed by atoms with Gasteiger partial charge in [-0.3, -0.25) is 0 Å². The third kappa shape index (κ3) is 4.47. The van der Waals surface area contributed by atoms with Crippen LogP contribution in [0.5, 0.6) is 0 Å². The van der Waals surface area contributed by atoms with Crippen LogP contribution in [-0.4, -0.2) is 0 Å². The van der Waals surface area contributed by atoms with Crippen molar-refractivity contribution in [3.8, 4) is 33.4 Å². The van der Waals surface area contributed by atoms with E-state index >= 15 is 0 Å². The topological polar surface area (TPSA) is 0 Å². The average molecular weight is 731 g/mol. The average Bonchev–Trinajstić information content (AvgIpc) is 3.75. The van der Waals surface area contributed by atoms with Crippen LogP contribution in [-0.2, 0) is 11.8 Å². The van der Waals surface area contributed by atoms with E-state index in [1.165, 1.54) is 119 Å². The van der Waals surface area contributed by atoms with Gasteiger partial charge < -0.3 is 0 Å². The van der Waals surface area contributed by atoms with E-state index < -0.39 is 0 Å². The van der Waals surface area contributed by atoms with Crippen LogP contribution >= 0.6 is 11.3 Å². The third-order valence-electron chi connectivity index (χ3n) is 12.9. The van der Waals surface area contributed by atoms with Crippen LogP contribution in [0.2, 0.25) is 0 Å². The quantitative estimate of drug-likeness (QED) is 0.159. The predicted octanol–water partition coefficient (Wildman–Crippen LogP) is 15.6. The van der Waals surface area contributed by atoms with Gasteiger partial charge in [0.05, 0.1) is 0 Å². The molecule has 0 unspecified atom stereocenters. The maximum atomic E-state index is 2.53. The SMILES string of the molecule is CC1(C)c2ccc(-c3c4ccccc4c(-c4ccc5c(c4)CCC(c4ccccc4)=C5)c4ccccc34)cc2-c2c1c1sc3ccccc3c1c1ccccc21. The Morgan fingerprint density at radius 2 is 1.02 bits per heavy atom. The number of allylic oxidation sites excluding steroid dienone is 1. The highest BCUT2D eigenvalue weighted by molar-refractivity contribution is 7.26. The van der Waals surface area contributed by atoms with Gasteiger partial charge in [-0.1, -0.05) is 172 Å². The van der Waals surface area contributed by atoms with Crippen molar-refractivity contribution in [2.45, 2.75) is 32.1 Å². The molecule has 1 heterocycles. The number of thiophene rings is 1. The van der Waals surface area contributed by atoms with Crippen LogP contribution in [0.15, 0.2) is 164 Å². The predicted molar refractivity (Wildman–Crippen MR) is 243 cm³/mol. The molecule has 0 saturated heterocycles. The Hall–Kier alpha value is -6.28. The van der Waals surface area contributed by atoms with Gasteiger partial charge in [-0.2, -0.15) is 0 Å². The highest BCUT2D eigenvalue weighted by Gasteiger charge is 2.39. The molecule has 0 atom stereocenters. The summed E-state index contributed by atoms with van der Waals surface area (Å²) >= 11 is 1.96. The summed E-state index contributed by atoms with van der Waals surface area (Å²) in [5.74, 6) is 0. The van der Waals surface area contributed by atoms with Gasteiger partial charge >= 0.3 is 0 Å². The Morgan fingerprint density at radius 1 is 0.464 bits per heavy atom. The summed E-state index contributed by atoms with van der Waals surface area (Å²) in [6.07, 6.45) is 4.51. The van der Waals surface area contributed by atoms with Gasteiger partial charge in [0.25, 0.3) is 0 Å². The third-order valence-corrected chi connectivity index (χ3v) is 14.1. The van der Waals surface area contributed by atoms with Crippen LogP contribution in [0.25, 0.3) is 97.5 Å². The van der Waals surface area contributed by atoms with Crippen molar-refractivity contribution in [3.05, 3.63) is 192 Å². The summed E-state index contributed by atoms with van der Waals surface area (Å²) in [5, 5.41) is 10.7. The number of fused-ring (bicyclic) bond motifs is 13. The van der Waals surface area contributed by atoms with E-state index in [4.69, 9.17) is 0 Å². The standard InChI is InChI=1S/C55H38S/c1-55(2)47-29-28-38(32-46(47)51-43-20-10-11-21-44(43)52-45-22-12-13-23-48(45)56-54(52)53(51)55)50-41-18-8-6-16-39(41)49(40-17-7-9-19-42(40)50)37-27-26-35-30-34(24-25-36(35)31-37)33-14-4-3-5-15-33/h3-23,26-32H,24-25H2,1-2H3. The van der Waals surface area contributed by atoms with Gasteiger partial charge in [0.15, 0.2) is 0 Å². The summed E-state index contributed by atoms with van der Waals surface area (Å²) < 4.78 is 2.79. The summed E-state index contributed by atoms with van der Waals surface area (Å²) in [6.45, 7) is 4.87. The first-order chi connectivity index (χ1) is 27.5. The van der Waals surface area contributed by atoms with E-state index in [1.807, 2.05) is 11.3 Å². The van der Waals surface area contributed by atoms with Crippen molar-refractivity contribution in [1.29, 1.82) is 0 Å². The molecule has 0 spiro atoms. The number of benzene rings is 9. The first kappa shape index (κ1) is 32.0. The molecule has 0 saturated carbocycles. The summed E-state index contributed by atoms with van der Waals surface area (Å²) in [7, 11) is 0. The fourth-order valence-corrected chi connectivity index (χ4v) is 11.8. The van der Waals surface area contributed by atoms with Gasteiger partial charge in [-0.25, -0.2) is 0 Å². The Labute approximate surface area is 331 Å². The second kappa shape index (κ2) is 11.9. The number of aryl methyl sites for hydroxylation is 1. The molecular formula is C55H38S. The molecular weight excluding hydrogens is 693 g/mol. The number of hydrogen-bond acceptors (Lipinski definition) is 1. The van der Waals surface area contributed by atoms with Crippen LogP contribution in [0.4, 0.5) is 0 Å². The van der Waals surface area contributed by atoms with Crippen LogP contribution < -0.4 is 0 Å². The highest BCUT2D eigenvalue weighted by atomic mass is 32.1. The fourth-order valence-electron chi connectivity index (χ4n) is 10.4. The highest BCUT2D eigenvalue weighted by Crippen LogP contribution is 2.58. The molecule has 1 heteroatoms. The Bertz CT molecular complexity index is 3260. The molecule has 12 rings (SSSR count). The molecule has 0 nitrogen and oxygen atoms in total. The first-order valence-electron chi connectivity index (χ1n) is 19.9. The van der Waals surface area contributed by atoms with E-state index in [0.717, 1.165) is 12.8 Å². The Morgan fingerprint density at radius 3 is 1.70 bits per heavy atom. The zero-order valence-corrected chi connectivity index (χ0v) is 32.3. The molecule has 0 N–H and O–H groups in total. The minimum Gasteiger partial charge on any atom is -0.135 e. The van der Waals surface area contributed by atoms with Crippen molar-refractivity contribution in [2.75, 3.05) is 0 Å². The molecule has 0 radical (unpaired) electrons. The lowest BCUT2D eigenvalue weighted by molar-refractivity contribution is 0.667. The molecule has 9 aromatic carbocycles. The van der Waals surface area contributed by atoms with E-state index in [2.05, 4.69) is 184 Å². The smallest absolute Gasteiger partial charge is 0.0408 e. The van der Waals surface area contributed by atoms with Crippen molar-refractivity contribution >= 4 is 75.5 Å². The molecule has 10 aromatic rings. The molecule has 56 heavy (non-hydrogen) atoms. The molecule has 1 aromatic heterocycles. The second-order valence-corrected chi connectivity index (χ2v) is 17.3. The lowest BCUT2D eigenvalue weighted by Gasteiger charge is -2.23. The molecule has 0 aliphatic heterocycles. The molecule has 264 valence electrons. The Balaban J connectivity index is 1.08. The Kier molecular flexibility index (Phi) is 6.78. The normalized spacial score (nSPS) is 14.4. The van der Waals surface area contributed by atoms with Gasteiger partial charge in [-0.15, -0.1) is 11.3 Å². The van der Waals surface area contributed by atoms with E-state index in [0.29, 0.717) is 0 Å². The summed E-state index contributed by atoms with van der Waals surface area (Å²) in [5.41, 5.74) is 16.3. The zero-order chi connectivity index (χ0) is 37.1. The van der Waals surface area contributed by atoms with Crippen molar-refractivity contribution in [1.82, 2.24) is 0 Å². The van der Waals surface area contributed by atoms with Crippen LogP contribution in [0.3, 0.4) is 0 Å². The monoisotopic (exact) mass is 730 g/mol. The first-order valence-corrected chi connectivity index (χ1v) is 20.7. The minimum absolute atomic E-state index is 0.135. The lowest BCUT2D eigenvalue weighted by atomic mass is 9.80. The zero-order valence-electron chi connectivity index (χ0n) is 31.5. The van der Waals surface area contributed by atoms with Gasteiger partial charge in [0.1, 0.15) is 0 Å². The summed E-state index contributed by atoms with van der Waals surface area (Å²) in [6, 6.07) is 61.7. The lowest BCUT2D eigenvalue weighted by Crippen LogP contribution is -2.15. The van der Waals surface area contributed by atoms with Crippen molar-refractivity contribution < 1.29 is 0 Å². The molecule has 2 aliphatic rings. The number of rotatable bonds is 3. The molecule has 0 fully saturated rings. The van der Waals surface area contributed by atoms with Crippen LogP contribution in [0.1, 0.15) is 48.1 Å². The maximum Gasteiger partial charge on any atom is 0.0408 e. The van der Waals surface area contributed by atoms with E-state index in [1.54, 1.807) is 0 Å². The minimum atomic E-state index is -0.135. The molecule has 2 aliphatic carbocycles. The van der Waals surface area contributed by atoms with Gasteiger partial charge in [0, 0.05) is 25.6 Å². The maximum absolute atomic E-state index is 2.53. The van der Waals surface area contributed by atoms with E-state index in [-0.39, 0.29) is 5.41 Å².